The number of anilines is 1. The van der Waals surface area contributed by atoms with Gasteiger partial charge in [0.2, 0.25) is 0 Å². The third-order valence-electron chi connectivity index (χ3n) is 5.56. The van der Waals surface area contributed by atoms with Crippen molar-refractivity contribution in [1.29, 1.82) is 0 Å². The summed E-state index contributed by atoms with van der Waals surface area (Å²) in [5.41, 5.74) is 1.10. The second-order valence-electron chi connectivity index (χ2n) is 7.83. The highest BCUT2D eigenvalue weighted by Crippen LogP contribution is 2.22. The van der Waals surface area contributed by atoms with Gasteiger partial charge in [-0.3, -0.25) is 9.59 Å². The van der Waals surface area contributed by atoms with Gasteiger partial charge in [0.15, 0.2) is 5.15 Å². The lowest BCUT2D eigenvalue weighted by atomic mass is 10.0. The Bertz CT molecular complexity index is 1400. The van der Waals surface area contributed by atoms with Gasteiger partial charge in [0, 0.05) is 24.9 Å². The van der Waals surface area contributed by atoms with Crippen LogP contribution < -0.4 is 10.9 Å². The molecule has 33 heavy (non-hydrogen) atoms. The molecule has 8 nitrogen and oxygen atoms in total. The van der Waals surface area contributed by atoms with Crippen molar-refractivity contribution in [3.63, 3.8) is 0 Å². The number of H-pyrrole nitrogens is 1. The van der Waals surface area contributed by atoms with E-state index in [9.17, 15) is 14.0 Å². The van der Waals surface area contributed by atoms with Crippen molar-refractivity contribution < 1.29 is 9.18 Å². The van der Waals surface area contributed by atoms with E-state index >= 15 is 0 Å². The Morgan fingerprint density at radius 1 is 1.12 bits per heavy atom. The molecule has 1 aliphatic rings. The number of rotatable bonds is 5. The minimum atomic E-state index is -0.581. The number of carbonyl (C=O) groups excluding carboxylic acids is 1. The first-order valence-corrected chi connectivity index (χ1v) is 10.7. The third kappa shape index (κ3) is 4.27. The lowest BCUT2D eigenvalue weighted by Gasteiger charge is -2.39. The van der Waals surface area contributed by atoms with Crippen LogP contribution in [0.4, 0.5) is 10.2 Å². The van der Waals surface area contributed by atoms with E-state index in [0.29, 0.717) is 41.6 Å². The van der Waals surface area contributed by atoms with Crippen molar-refractivity contribution in [2.75, 3.05) is 18.4 Å². The number of likely N-dealkylation sites (tertiary alicyclic amines) is 1. The molecule has 1 fully saturated rings. The van der Waals surface area contributed by atoms with E-state index in [1.165, 1.54) is 6.07 Å². The molecule has 1 saturated heterocycles. The van der Waals surface area contributed by atoms with E-state index in [1.807, 2.05) is 12.1 Å². The van der Waals surface area contributed by atoms with E-state index < -0.39 is 5.82 Å². The smallest absolute Gasteiger partial charge is 0.272 e. The van der Waals surface area contributed by atoms with Crippen molar-refractivity contribution in [2.45, 2.75) is 12.5 Å². The van der Waals surface area contributed by atoms with Crippen molar-refractivity contribution in [3.8, 4) is 0 Å². The Morgan fingerprint density at radius 3 is 2.67 bits per heavy atom. The number of fused-ring (bicyclic) bond motifs is 1. The molecular formula is C23H18ClFN6O2. The van der Waals surface area contributed by atoms with Crippen LogP contribution >= 0.6 is 11.6 Å². The summed E-state index contributed by atoms with van der Waals surface area (Å²) in [4.78, 5) is 26.5. The van der Waals surface area contributed by atoms with E-state index in [1.54, 1.807) is 41.3 Å². The molecule has 2 aromatic carbocycles. The van der Waals surface area contributed by atoms with Gasteiger partial charge in [-0.1, -0.05) is 35.9 Å². The second-order valence-corrected chi connectivity index (χ2v) is 8.22. The molecule has 3 heterocycles. The molecule has 0 bridgehead atoms. The van der Waals surface area contributed by atoms with Crippen molar-refractivity contribution in [2.24, 2.45) is 0 Å². The average Bonchev–Trinajstić information content (AvgIpc) is 2.80. The van der Waals surface area contributed by atoms with Crippen LogP contribution in [0.2, 0.25) is 5.15 Å². The number of hydrogen-bond acceptors (Lipinski definition) is 6. The first-order valence-electron chi connectivity index (χ1n) is 10.3. The van der Waals surface area contributed by atoms with Gasteiger partial charge in [-0.05, 0) is 35.9 Å². The van der Waals surface area contributed by atoms with Gasteiger partial charge in [-0.15, -0.1) is 10.2 Å². The zero-order chi connectivity index (χ0) is 22.9. The Morgan fingerprint density at radius 2 is 1.91 bits per heavy atom. The summed E-state index contributed by atoms with van der Waals surface area (Å²) in [7, 11) is 0. The fourth-order valence-corrected chi connectivity index (χ4v) is 3.95. The Kier molecular flexibility index (Phi) is 5.47. The molecular weight excluding hydrogens is 447 g/mol. The standard InChI is InChI=1S/C23H18ClFN6O2/c24-20-7-8-21(29-28-20)26-14-11-31(12-14)23(33)17-9-13(5-6-18(17)25)10-19-15-3-1-2-4-16(15)22(32)30-27-19/h1-9,14H,10-12H2,(H,26,29)(H,30,32). The van der Waals surface area contributed by atoms with Crippen LogP contribution in [-0.2, 0) is 6.42 Å². The normalized spacial score (nSPS) is 13.7. The topological polar surface area (TPSA) is 104 Å². The zero-order valence-corrected chi connectivity index (χ0v) is 18.0. The van der Waals surface area contributed by atoms with E-state index in [4.69, 9.17) is 11.6 Å². The summed E-state index contributed by atoms with van der Waals surface area (Å²) in [6.07, 6.45) is 0.345. The zero-order valence-electron chi connectivity index (χ0n) is 17.3. The monoisotopic (exact) mass is 464 g/mol. The first kappa shape index (κ1) is 21.0. The number of hydrogen-bond donors (Lipinski definition) is 2. The maximum atomic E-state index is 14.5. The second kappa shape index (κ2) is 8.59. The molecule has 0 atom stereocenters. The number of aromatic nitrogens is 4. The summed E-state index contributed by atoms with van der Waals surface area (Å²) >= 11 is 5.73. The highest BCUT2D eigenvalue weighted by molar-refractivity contribution is 6.29. The summed E-state index contributed by atoms with van der Waals surface area (Å²) in [6.45, 7) is 0.831. The van der Waals surface area contributed by atoms with Crippen LogP contribution in [0, 0.1) is 5.82 Å². The van der Waals surface area contributed by atoms with Gasteiger partial charge < -0.3 is 10.2 Å². The largest absolute Gasteiger partial charge is 0.362 e. The summed E-state index contributed by atoms with van der Waals surface area (Å²) in [5, 5.41) is 19.1. The van der Waals surface area contributed by atoms with Gasteiger partial charge in [0.05, 0.1) is 22.7 Å². The first-order chi connectivity index (χ1) is 16.0. The van der Waals surface area contributed by atoms with Crippen LogP contribution in [-0.4, -0.2) is 50.3 Å². The molecule has 166 valence electrons. The van der Waals surface area contributed by atoms with Crippen LogP contribution in [0.5, 0.6) is 0 Å². The van der Waals surface area contributed by atoms with E-state index in [0.717, 1.165) is 10.9 Å². The molecule has 0 saturated carbocycles. The SMILES string of the molecule is O=C(c1cc(Cc2n[nH]c(=O)c3ccccc23)ccc1F)N1CC(Nc2ccc(Cl)nn2)C1. The maximum absolute atomic E-state index is 14.5. The minimum absolute atomic E-state index is 0.00552. The highest BCUT2D eigenvalue weighted by Gasteiger charge is 2.32. The maximum Gasteiger partial charge on any atom is 0.272 e. The third-order valence-corrected chi connectivity index (χ3v) is 5.76. The Hall–Kier alpha value is -3.85. The molecule has 1 amide bonds. The highest BCUT2D eigenvalue weighted by atomic mass is 35.5. The molecule has 0 spiro atoms. The number of halogens is 2. The van der Waals surface area contributed by atoms with E-state index in [-0.39, 0.29) is 23.1 Å². The van der Waals surface area contributed by atoms with Gasteiger partial charge >= 0.3 is 0 Å². The van der Waals surface area contributed by atoms with Gasteiger partial charge in [0.25, 0.3) is 11.5 Å². The minimum Gasteiger partial charge on any atom is -0.362 e. The van der Waals surface area contributed by atoms with Crippen LogP contribution in [0.15, 0.2) is 59.4 Å². The molecule has 4 aromatic rings. The number of benzene rings is 2. The predicted molar refractivity (Wildman–Crippen MR) is 122 cm³/mol. The van der Waals surface area contributed by atoms with Gasteiger partial charge in [-0.25, -0.2) is 9.49 Å². The van der Waals surface area contributed by atoms with Crippen LogP contribution in [0.25, 0.3) is 10.8 Å². The van der Waals surface area contributed by atoms with E-state index in [2.05, 4.69) is 25.7 Å². The molecule has 2 aromatic heterocycles. The quantitative estimate of drug-likeness (QED) is 0.470. The number of nitrogens with zero attached hydrogens (tertiary/aromatic N) is 4. The number of nitrogens with one attached hydrogen (secondary N) is 2. The van der Waals surface area contributed by atoms with Crippen molar-refractivity contribution >= 4 is 34.1 Å². The Labute approximate surface area is 192 Å². The Balaban J connectivity index is 1.30. The number of aromatic amines is 1. The molecule has 0 aliphatic carbocycles. The fourth-order valence-electron chi connectivity index (χ4n) is 3.85. The lowest BCUT2D eigenvalue weighted by Crippen LogP contribution is -2.57. The van der Waals surface area contributed by atoms with Crippen LogP contribution in [0.3, 0.4) is 0 Å². The lowest BCUT2D eigenvalue weighted by molar-refractivity contribution is 0.0620. The summed E-state index contributed by atoms with van der Waals surface area (Å²) < 4.78 is 14.5. The summed E-state index contributed by atoms with van der Waals surface area (Å²) in [5.74, 6) is -0.401. The molecule has 10 heteroatoms. The fraction of sp³-hybridized carbons (Fsp3) is 0.174. The van der Waals surface area contributed by atoms with Gasteiger partial charge in [0.1, 0.15) is 11.6 Å². The van der Waals surface area contributed by atoms with Crippen molar-refractivity contribution in [1.82, 2.24) is 25.3 Å². The van der Waals surface area contributed by atoms with Crippen molar-refractivity contribution in [3.05, 3.63) is 92.7 Å². The van der Waals surface area contributed by atoms with Crippen LogP contribution in [0.1, 0.15) is 21.6 Å². The molecule has 0 unspecified atom stereocenters. The molecule has 1 aliphatic heterocycles. The predicted octanol–water partition coefficient (Wildman–Crippen LogP) is 3.03. The number of carbonyl (C=O) groups is 1. The molecule has 2 N–H and O–H groups in total. The average molecular weight is 465 g/mol. The number of amides is 1. The molecule has 5 rings (SSSR count). The van der Waals surface area contributed by atoms with Gasteiger partial charge in [-0.2, -0.15) is 5.10 Å². The summed E-state index contributed by atoms with van der Waals surface area (Å²) in [6, 6.07) is 14.9. The molecule has 0 radical (unpaired) electrons.